The van der Waals surface area contributed by atoms with Crippen molar-refractivity contribution in [1.29, 1.82) is 0 Å². The van der Waals surface area contributed by atoms with Crippen molar-refractivity contribution in [2.75, 3.05) is 19.6 Å². The fraction of sp³-hybridized carbons (Fsp3) is 0.727. The van der Waals surface area contributed by atoms with Crippen LogP contribution in [0.5, 0.6) is 0 Å². The van der Waals surface area contributed by atoms with Gasteiger partial charge in [-0.2, -0.15) is 9.40 Å². The molecule has 2 rings (SSSR count). The van der Waals surface area contributed by atoms with Gasteiger partial charge in [0.15, 0.2) is 5.03 Å². The molecule has 1 aromatic heterocycles. The summed E-state index contributed by atoms with van der Waals surface area (Å²) in [5, 5.41) is 7.75. The van der Waals surface area contributed by atoms with Gasteiger partial charge in [-0.1, -0.05) is 0 Å². The zero-order valence-electron chi connectivity index (χ0n) is 11.0. The molecule has 0 radical (unpaired) electrons. The molecule has 6 nitrogen and oxygen atoms in total. The lowest BCUT2D eigenvalue weighted by molar-refractivity contribution is 0.307. The number of nitrogens with one attached hydrogen (secondary N) is 1. The predicted octanol–water partition coefficient (Wildman–Crippen LogP) is 0.194. The molecule has 0 aromatic carbocycles. The van der Waals surface area contributed by atoms with Crippen molar-refractivity contribution in [1.82, 2.24) is 19.4 Å². The van der Waals surface area contributed by atoms with Crippen LogP contribution in [0.4, 0.5) is 0 Å². The summed E-state index contributed by atoms with van der Waals surface area (Å²) in [5.41, 5.74) is 0.735. The minimum Gasteiger partial charge on any atom is -0.312 e. The van der Waals surface area contributed by atoms with E-state index in [0.717, 1.165) is 5.69 Å². The molecule has 1 saturated heterocycles. The highest BCUT2D eigenvalue weighted by Crippen LogP contribution is 2.18. The summed E-state index contributed by atoms with van der Waals surface area (Å²) >= 11 is 0. The molecule has 7 heteroatoms. The van der Waals surface area contributed by atoms with Gasteiger partial charge in [0, 0.05) is 32.2 Å². The van der Waals surface area contributed by atoms with E-state index in [1.807, 2.05) is 20.8 Å². The molecule has 1 fully saturated rings. The van der Waals surface area contributed by atoms with Crippen molar-refractivity contribution in [3.63, 3.8) is 0 Å². The number of hydrogen-bond acceptors (Lipinski definition) is 4. The minimum atomic E-state index is -3.42. The molecule has 0 bridgehead atoms. The van der Waals surface area contributed by atoms with Gasteiger partial charge in [0.25, 0.3) is 10.0 Å². The minimum absolute atomic E-state index is 0.188. The lowest BCUT2D eigenvalue weighted by atomic mass is 10.3. The lowest BCUT2D eigenvalue weighted by Crippen LogP contribution is -2.51. The molecule has 102 valence electrons. The van der Waals surface area contributed by atoms with Crippen LogP contribution in [-0.4, -0.2) is 48.2 Å². The summed E-state index contributed by atoms with van der Waals surface area (Å²) in [5.74, 6) is 0. The summed E-state index contributed by atoms with van der Waals surface area (Å²) < 4.78 is 28.2. The van der Waals surface area contributed by atoms with Gasteiger partial charge in [0.1, 0.15) is 0 Å². The smallest absolute Gasteiger partial charge is 0.260 e. The van der Waals surface area contributed by atoms with Gasteiger partial charge in [-0.3, -0.25) is 4.68 Å². The molecule has 1 aliphatic rings. The first-order valence-electron chi connectivity index (χ1n) is 6.23. The topological polar surface area (TPSA) is 67.2 Å². The van der Waals surface area contributed by atoms with Crippen molar-refractivity contribution < 1.29 is 8.42 Å². The number of sulfonamides is 1. The number of aromatic nitrogens is 2. The molecule has 18 heavy (non-hydrogen) atoms. The van der Waals surface area contributed by atoms with E-state index in [0.29, 0.717) is 31.2 Å². The molecular weight excluding hydrogens is 252 g/mol. The molecule has 1 aromatic rings. The van der Waals surface area contributed by atoms with Crippen molar-refractivity contribution in [3.8, 4) is 0 Å². The third kappa shape index (κ3) is 2.43. The maximum absolute atomic E-state index is 12.6. The standard InChI is InChI=1S/C11H20N4O2S/c1-4-15-11(7-9(2)13-15)18(16,17)14-6-5-12-10(3)8-14/h7,10,12H,4-6,8H2,1-3H3/t10-/m1/s1. The van der Waals surface area contributed by atoms with Crippen molar-refractivity contribution in [3.05, 3.63) is 11.8 Å². The van der Waals surface area contributed by atoms with Crippen LogP contribution in [0.2, 0.25) is 0 Å². The van der Waals surface area contributed by atoms with E-state index < -0.39 is 10.0 Å². The second-order valence-electron chi connectivity index (χ2n) is 4.66. The van der Waals surface area contributed by atoms with Crippen molar-refractivity contribution in [2.24, 2.45) is 0 Å². The van der Waals surface area contributed by atoms with Gasteiger partial charge >= 0.3 is 0 Å². The van der Waals surface area contributed by atoms with Gasteiger partial charge in [-0.15, -0.1) is 0 Å². The van der Waals surface area contributed by atoms with Gasteiger partial charge in [0.05, 0.1) is 5.69 Å². The summed E-state index contributed by atoms with van der Waals surface area (Å²) in [7, 11) is -3.42. The summed E-state index contributed by atoms with van der Waals surface area (Å²) in [4.78, 5) is 0. The van der Waals surface area contributed by atoms with E-state index in [4.69, 9.17) is 0 Å². The van der Waals surface area contributed by atoms with E-state index in [1.54, 1.807) is 10.7 Å². The Morgan fingerprint density at radius 2 is 2.28 bits per heavy atom. The monoisotopic (exact) mass is 272 g/mol. The van der Waals surface area contributed by atoms with Gasteiger partial charge in [0.2, 0.25) is 0 Å². The Kier molecular flexibility index (Phi) is 3.74. The number of piperazine rings is 1. The largest absolute Gasteiger partial charge is 0.312 e. The lowest BCUT2D eigenvalue weighted by Gasteiger charge is -2.30. The second-order valence-corrected chi connectivity index (χ2v) is 6.54. The van der Waals surface area contributed by atoms with Crippen LogP contribution in [0.1, 0.15) is 19.5 Å². The molecule has 1 N–H and O–H groups in total. The Hall–Kier alpha value is -0.920. The van der Waals surface area contributed by atoms with Gasteiger partial charge in [-0.05, 0) is 26.8 Å². The highest BCUT2D eigenvalue weighted by Gasteiger charge is 2.31. The maximum atomic E-state index is 12.6. The second kappa shape index (κ2) is 4.99. The highest BCUT2D eigenvalue weighted by atomic mass is 32.2. The first-order valence-corrected chi connectivity index (χ1v) is 7.67. The quantitative estimate of drug-likeness (QED) is 0.853. The Balaban J connectivity index is 2.35. The molecule has 1 aliphatic heterocycles. The van der Waals surface area contributed by atoms with Gasteiger partial charge < -0.3 is 5.32 Å². The zero-order chi connectivity index (χ0) is 13.3. The van der Waals surface area contributed by atoms with Crippen LogP contribution >= 0.6 is 0 Å². The van der Waals surface area contributed by atoms with Gasteiger partial charge in [-0.25, -0.2) is 8.42 Å². The van der Waals surface area contributed by atoms with Crippen LogP contribution in [0.3, 0.4) is 0 Å². The van der Waals surface area contributed by atoms with Crippen LogP contribution in [0.15, 0.2) is 11.1 Å². The SMILES string of the molecule is CCn1nc(C)cc1S(=O)(=O)N1CCN[C@H](C)C1. The molecule has 0 saturated carbocycles. The third-order valence-electron chi connectivity index (χ3n) is 3.10. The molecule has 0 aliphatic carbocycles. The molecule has 0 amide bonds. The van der Waals surface area contributed by atoms with Crippen LogP contribution in [0, 0.1) is 6.92 Å². The maximum Gasteiger partial charge on any atom is 0.260 e. The fourth-order valence-electron chi connectivity index (χ4n) is 2.20. The first-order chi connectivity index (χ1) is 8.45. The van der Waals surface area contributed by atoms with Crippen LogP contribution < -0.4 is 5.32 Å². The Morgan fingerprint density at radius 3 is 2.89 bits per heavy atom. The molecule has 1 atom stereocenters. The van der Waals surface area contributed by atoms with Crippen molar-refractivity contribution in [2.45, 2.75) is 38.4 Å². The molecule has 2 heterocycles. The van der Waals surface area contributed by atoms with Crippen molar-refractivity contribution >= 4 is 10.0 Å². The third-order valence-corrected chi connectivity index (χ3v) is 4.97. The highest BCUT2D eigenvalue weighted by molar-refractivity contribution is 7.89. The van der Waals surface area contributed by atoms with E-state index in [1.165, 1.54) is 4.31 Å². The average Bonchev–Trinajstić information content (AvgIpc) is 2.71. The van der Waals surface area contributed by atoms with Crippen LogP contribution in [0.25, 0.3) is 0 Å². The van der Waals surface area contributed by atoms with E-state index in [-0.39, 0.29) is 6.04 Å². The normalized spacial score (nSPS) is 22.3. The summed E-state index contributed by atoms with van der Waals surface area (Å²) in [6, 6.07) is 1.83. The summed E-state index contributed by atoms with van der Waals surface area (Å²) in [6.07, 6.45) is 0. The number of aryl methyl sites for hydroxylation is 2. The molecular formula is C11H20N4O2S. The number of rotatable bonds is 3. The number of nitrogens with zero attached hydrogens (tertiary/aromatic N) is 3. The van der Waals surface area contributed by atoms with E-state index in [9.17, 15) is 8.42 Å². The molecule has 0 spiro atoms. The Labute approximate surface area is 108 Å². The zero-order valence-corrected chi connectivity index (χ0v) is 11.9. The van der Waals surface area contributed by atoms with E-state index >= 15 is 0 Å². The number of hydrogen-bond donors (Lipinski definition) is 1. The predicted molar refractivity (Wildman–Crippen MR) is 68.9 cm³/mol. The average molecular weight is 272 g/mol. The summed E-state index contributed by atoms with van der Waals surface area (Å²) in [6.45, 7) is 7.97. The Bertz CT molecular complexity index is 523. The Morgan fingerprint density at radius 1 is 1.56 bits per heavy atom. The van der Waals surface area contributed by atoms with E-state index in [2.05, 4.69) is 10.4 Å². The molecule has 0 unspecified atom stereocenters. The fourth-order valence-corrected chi connectivity index (χ4v) is 3.98. The van der Waals surface area contributed by atoms with Crippen LogP contribution in [-0.2, 0) is 16.6 Å². The first kappa shape index (κ1) is 13.5.